The predicted octanol–water partition coefficient (Wildman–Crippen LogP) is 2.63. The topological polar surface area (TPSA) is 29.3 Å². The van der Waals surface area contributed by atoms with Crippen LogP contribution >= 0.6 is 0 Å². The van der Waals surface area contributed by atoms with Crippen molar-refractivity contribution in [2.75, 3.05) is 20.1 Å². The summed E-state index contributed by atoms with van der Waals surface area (Å²) in [6, 6.07) is 0. The van der Waals surface area contributed by atoms with Crippen molar-refractivity contribution in [2.45, 2.75) is 57.9 Å². The normalized spacial score (nSPS) is 22.2. The summed E-state index contributed by atoms with van der Waals surface area (Å²) in [7, 11) is 2.25. The van der Waals surface area contributed by atoms with E-state index in [4.69, 9.17) is 5.73 Å². The van der Waals surface area contributed by atoms with Crippen LogP contribution < -0.4 is 5.73 Å². The highest BCUT2D eigenvalue weighted by molar-refractivity contribution is 4.86. The quantitative estimate of drug-likeness (QED) is 0.733. The zero-order chi connectivity index (χ0) is 11.3. The second-order valence-corrected chi connectivity index (χ2v) is 5.48. The first-order valence-electron chi connectivity index (χ1n) is 6.53. The monoisotopic (exact) mass is 212 g/mol. The number of nitrogens with two attached hydrogens (primary N) is 1. The van der Waals surface area contributed by atoms with E-state index in [0.717, 1.165) is 12.5 Å². The second kappa shape index (κ2) is 5.86. The lowest BCUT2D eigenvalue weighted by Crippen LogP contribution is -2.50. The zero-order valence-electron chi connectivity index (χ0n) is 10.8. The Morgan fingerprint density at radius 2 is 1.93 bits per heavy atom. The summed E-state index contributed by atoms with van der Waals surface area (Å²) in [6.45, 7) is 6.58. The van der Waals surface area contributed by atoms with Crippen molar-refractivity contribution >= 4 is 0 Å². The molecule has 2 N–H and O–H groups in total. The predicted molar refractivity (Wildman–Crippen MR) is 67.0 cm³/mol. The van der Waals surface area contributed by atoms with Crippen LogP contribution in [-0.2, 0) is 0 Å². The van der Waals surface area contributed by atoms with Gasteiger partial charge in [0.15, 0.2) is 0 Å². The van der Waals surface area contributed by atoms with Crippen molar-refractivity contribution in [1.82, 2.24) is 4.90 Å². The van der Waals surface area contributed by atoms with Crippen molar-refractivity contribution in [3.63, 3.8) is 0 Å². The molecule has 15 heavy (non-hydrogen) atoms. The fourth-order valence-corrected chi connectivity index (χ4v) is 2.79. The van der Waals surface area contributed by atoms with Crippen molar-refractivity contribution in [3.05, 3.63) is 0 Å². The van der Waals surface area contributed by atoms with Gasteiger partial charge >= 0.3 is 0 Å². The summed E-state index contributed by atoms with van der Waals surface area (Å²) in [5.41, 5.74) is 6.15. The van der Waals surface area contributed by atoms with Gasteiger partial charge < -0.3 is 5.73 Å². The molecule has 90 valence electrons. The zero-order valence-corrected chi connectivity index (χ0v) is 10.8. The lowest BCUT2D eigenvalue weighted by molar-refractivity contribution is 0.113. The average Bonchev–Trinajstić information content (AvgIpc) is 2.70. The highest BCUT2D eigenvalue weighted by Gasteiger charge is 2.29. The van der Waals surface area contributed by atoms with Crippen LogP contribution in [0.5, 0.6) is 0 Å². The Balaban J connectivity index is 2.44. The van der Waals surface area contributed by atoms with Crippen LogP contribution in [-0.4, -0.2) is 30.6 Å². The van der Waals surface area contributed by atoms with E-state index in [9.17, 15) is 0 Å². The molecule has 0 aromatic rings. The molecule has 1 rings (SSSR count). The van der Waals surface area contributed by atoms with Gasteiger partial charge in [0.05, 0.1) is 0 Å². The van der Waals surface area contributed by atoms with Crippen LogP contribution in [0.25, 0.3) is 0 Å². The maximum absolute atomic E-state index is 5.93. The highest BCUT2D eigenvalue weighted by Crippen LogP contribution is 2.28. The molecule has 1 saturated carbocycles. The van der Waals surface area contributed by atoms with Crippen LogP contribution in [0, 0.1) is 5.92 Å². The van der Waals surface area contributed by atoms with Crippen LogP contribution in [0.15, 0.2) is 0 Å². The van der Waals surface area contributed by atoms with E-state index in [1.807, 2.05) is 0 Å². The first-order chi connectivity index (χ1) is 7.12. The minimum Gasteiger partial charge on any atom is -0.329 e. The van der Waals surface area contributed by atoms with Gasteiger partial charge in [0.2, 0.25) is 0 Å². The molecule has 0 aromatic heterocycles. The molecule has 1 aliphatic rings. The van der Waals surface area contributed by atoms with Gasteiger partial charge in [-0.15, -0.1) is 0 Å². The fraction of sp³-hybridized carbons (Fsp3) is 1.00. The molecule has 1 atom stereocenters. The van der Waals surface area contributed by atoms with Gasteiger partial charge in [0, 0.05) is 18.6 Å². The van der Waals surface area contributed by atoms with E-state index in [1.54, 1.807) is 0 Å². The molecule has 0 aliphatic heterocycles. The van der Waals surface area contributed by atoms with Crippen LogP contribution in [0.3, 0.4) is 0 Å². The number of nitrogens with zero attached hydrogens (tertiary/aromatic N) is 1. The molecule has 2 nitrogen and oxygen atoms in total. The Hall–Kier alpha value is -0.0800. The van der Waals surface area contributed by atoms with Gasteiger partial charge in [-0.25, -0.2) is 0 Å². The van der Waals surface area contributed by atoms with Crippen molar-refractivity contribution in [2.24, 2.45) is 11.7 Å². The summed E-state index contributed by atoms with van der Waals surface area (Å²) < 4.78 is 0. The molecule has 0 amide bonds. The molecule has 0 radical (unpaired) electrons. The van der Waals surface area contributed by atoms with E-state index < -0.39 is 0 Å². The van der Waals surface area contributed by atoms with E-state index in [2.05, 4.69) is 25.8 Å². The molecule has 2 heteroatoms. The van der Waals surface area contributed by atoms with Crippen LogP contribution in [0.1, 0.15) is 52.4 Å². The smallest absolute Gasteiger partial charge is 0.0300 e. The van der Waals surface area contributed by atoms with Gasteiger partial charge in [0.25, 0.3) is 0 Å². The maximum Gasteiger partial charge on any atom is 0.0300 e. The summed E-state index contributed by atoms with van der Waals surface area (Å²) in [5, 5.41) is 0. The number of hydrogen-bond acceptors (Lipinski definition) is 2. The number of rotatable bonds is 6. The van der Waals surface area contributed by atoms with Gasteiger partial charge in [-0.05, 0) is 39.2 Å². The third-order valence-electron chi connectivity index (χ3n) is 4.16. The largest absolute Gasteiger partial charge is 0.329 e. The molecule has 0 aromatic carbocycles. The molecule has 0 heterocycles. The molecule has 1 unspecified atom stereocenters. The summed E-state index contributed by atoms with van der Waals surface area (Å²) >= 11 is 0. The average molecular weight is 212 g/mol. The first kappa shape index (κ1) is 13.0. The van der Waals surface area contributed by atoms with Crippen molar-refractivity contribution in [3.8, 4) is 0 Å². The molecule has 1 fully saturated rings. The third kappa shape index (κ3) is 3.46. The Labute approximate surface area is 95.2 Å². The van der Waals surface area contributed by atoms with Crippen molar-refractivity contribution < 1.29 is 0 Å². The molecule has 0 spiro atoms. The van der Waals surface area contributed by atoms with E-state index in [1.165, 1.54) is 45.1 Å². The summed E-state index contributed by atoms with van der Waals surface area (Å²) in [4.78, 5) is 2.51. The van der Waals surface area contributed by atoms with Gasteiger partial charge in [-0.1, -0.05) is 26.2 Å². The first-order valence-corrected chi connectivity index (χ1v) is 6.53. The van der Waals surface area contributed by atoms with E-state index in [-0.39, 0.29) is 5.54 Å². The Morgan fingerprint density at radius 3 is 2.40 bits per heavy atom. The van der Waals surface area contributed by atoms with Crippen molar-refractivity contribution in [1.29, 1.82) is 0 Å². The van der Waals surface area contributed by atoms with Crippen LogP contribution in [0.2, 0.25) is 0 Å². The Bertz CT molecular complexity index is 175. The van der Waals surface area contributed by atoms with Gasteiger partial charge in [0.1, 0.15) is 0 Å². The third-order valence-corrected chi connectivity index (χ3v) is 4.16. The molecule has 1 aliphatic carbocycles. The van der Waals surface area contributed by atoms with Crippen LogP contribution in [0.4, 0.5) is 0 Å². The standard InChI is InChI=1S/C13H28N2/c1-4-9-13(2,11-14)15(3)10-12-7-5-6-8-12/h12H,4-11,14H2,1-3H3. The highest BCUT2D eigenvalue weighted by atomic mass is 15.2. The minimum absolute atomic E-state index is 0.220. The Kier molecular flexibility index (Phi) is 5.07. The second-order valence-electron chi connectivity index (χ2n) is 5.48. The van der Waals surface area contributed by atoms with E-state index >= 15 is 0 Å². The summed E-state index contributed by atoms with van der Waals surface area (Å²) in [6.07, 6.45) is 8.17. The van der Waals surface area contributed by atoms with Gasteiger partial charge in [-0.2, -0.15) is 0 Å². The molecule has 0 saturated heterocycles. The lowest BCUT2D eigenvalue weighted by atomic mass is 9.93. The minimum atomic E-state index is 0.220. The lowest BCUT2D eigenvalue weighted by Gasteiger charge is -2.39. The van der Waals surface area contributed by atoms with Gasteiger partial charge in [-0.3, -0.25) is 4.90 Å². The molecular formula is C13H28N2. The number of likely N-dealkylation sites (N-methyl/N-ethyl adjacent to an activating group) is 1. The number of hydrogen-bond donors (Lipinski definition) is 1. The SMILES string of the molecule is CCCC(C)(CN)N(C)CC1CCCC1. The fourth-order valence-electron chi connectivity index (χ4n) is 2.79. The summed E-state index contributed by atoms with van der Waals surface area (Å²) in [5.74, 6) is 0.928. The maximum atomic E-state index is 5.93. The Morgan fingerprint density at radius 1 is 1.33 bits per heavy atom. The molecular weight excluding hydrogens is 184 g/mol. The van der Waals surface area contributed by atoms with E-state index in [0.29, 0.717) is 0 Å². The molecule has 0 bridgehead atoms.